The van der Waals surface area contributed by atoms with Crippen molar-refractivity contribution in [1.82, 2.24) is 5.43 Å². The molecule has 0 aliphatic heterocycles. The first-order chi connectivity index (χ1) is 11.5. The molecule has 6 heteroatoms. The highest BCUT2D eigenvalue weighted by molar-refractivity contribution is 6.01. The van der Waals surface area contributed by atoms with Crippen LogP contribution >= 0.6 is 0 Å². The average Bonchev–Trinajstić information content (AvgIpc) is 3.33. The van der Waals surface area contributed by atoms with Gasteiger partial charge >= 0.3 is 5.63 Å². The van der Waals surface area contributed by atoms with Crippen LogP contribution in [0.1, 0.15) is 36.1 Å². The molecule has 0 spiro atoms. The van der Waals surface area contributed by atoms with Gasteiger partial charge in [0.1, 0.15) is 17.1 Å². The second-order valence-corrected chi connectivity index (χ2v) is 5.94. The first-order valence-corrected chi connectivity index (χ1v) is 7.70. The molecule has 1 heterocycles. The second-order valence-electron chi connectivity index (χ2n) is 5.94. The molecule has 124 valence electrons. The fraction of sp³-hybridized carbons (Fsp3) is 0.278. The van der Waals surface area contributed by atoms with Crippen LogP contribution in [0.2, 0.25) is 0 Å². The molecule has 2 unspecified atom stereocenters. The van der Waals surface area contributed by atoms with Gasteiger partial charge in [-0.15, -0.1) is 0 Å². The van der Waals surface area contributed by atoms with E-state index in [9.17, 15) is 14.7 Å². The van der Waals surface area contributed by atoms with Gasteiger partial charge in [0.25, 0.3) is 0 Å². The van der Waals surface area contributed by atoms with E-state index in [1.807, 2.05) is 30.3 Å². The molecule has 1 saturated carbocycles. The summed E-state index contributed by atoms with van der Waals surface area (Å²) in [6.07, 6.45) is 0.780. The molecule has 1 fully saturated rings. The number of nitrogens with one attached hydrogen (secondary N) is 1. The summed E-state index contributed by atoms with van der Waals surface area (Å²) in [5.41, 5.74) is 3.08. The zero-order chi connectivity index (χ0) is 17.3. The normalized spacial score (nSPS) is 19.8. The largest absolute Gasteiger partial charge is 0.507 e. The van der Waals surface area contributed by atoms with Gasteiger partial charge in [0.05, 0.1) is 5.71 Å². The van der Waals surface area contributed by atoms with Crippen LogP contribution < -0.4 is 11.1 Å². The summed E-state index contributed by atoms with van der Waals surface area (Å²) in [6, 6.07) is 11.2. The lowest BCUT2D eigenvalue weighted by Gasteiger charge is -2.04. The van der Waals surface area contributed by atoms with Crippen molar-refractivity contribution < 1.29 is 14.3 Å². The van der Waals surface area contributed by atoms with Crippen molar-refractivity contribution in [3.63, 3.8) is 0 Å². The molecule has 1 amide bonds. The number of hydrazone groups is 1. The topological polar surface area (TPSA) is 91.9 Å². The van der Waals surface area contributed by atoms with Crippen molar-refractivity contribution in [2.45, 2.75) is 26.2 Å². The Morgan fingerprint density at radius 1 is 1.33 bits per heavy atom. The van der Waals surface area contributed by atoms with E-state index >= 15 is 0 Å². The standard InChI is InChI=1S/C18H18N2O4/c1-10-8-15(21)16(18(23)24-10)11(2)19-20-17(22)14-9-13(14)12-6-4-3-5-7-12/h3-8,13-14,21H,9H2,1-2H3,(H,20,22)/b19-11+. The number of aryl methyl sites for hydroxylation is 1. The molecule has 2 N–H and O–H groups in total. The molecule has 24 heavy (non-hydrogen) atoms. The predicted octanol–water partition coefficient (Wildman–Crippen LogP) is 2.30. The highest BCUT2D eigenvalue weighted by Gasteiger charge is 2.43. The first kappa shape index (κ1) is 16.0. The van der Waals surface area contributed by atoms with Crippen LogP contribution in [0.15, 0.2) is 50.7 Å². The van der Waals surface area contributed by atoms with Gasteiger partial charge in [0.15, 0.2) is 0 Å². The number of carbonyl (C=O) groups is 1. The maximum atomic E-state index is 12.2. The molecule has 1 aliphatic carbocycles. The summed E-state index contributed by atoms with van der Waals surface area (Å²) >= 11 is 0. The van der Waals surface area contributed by atoms with E-state index in [0.29, 0.717) is 5.76 Å². The quantitative estimate of drug-likeness (QED) is 0.666. The Balaban J connectivity index is 1.68. The van der Waals surface area contributed by atoms with Crippen molar-refractivity contribution >= 4 is 11.6 Å². The molecular formula is C18H18N2O4. The van der Waals surface area contributed by atoms with E-state index < -0.39 is 5.63 Å². The van der Waals surface area contributed by atoms with Gasteiger partial charge in [-0.05, 0) is 31.7 Å². The minimum Gasteiger partial charge on any atom is -0.507 e. The maximum Gasteiger partial charge on any atom is 0.348 e. The lowest BCUT2D eigenvalue weighted by molar-refractivity contribution is -0.122. The lowest BCUT2D eigenvalue weighted by Crippen LogP contribution is -2.23. The van der Waals surface area contributed by atoms with Crippen LogP contribution in [0, 0.1) is 12.8 Å². The summed E-state index contributed by atoms with van der Waals surface area (Å²) in [5.74, 6) is -0.0136. The Morgan fingerprint density at radius 2 is 2.04 bits per heavy atom. The van der Waals surface area contributed by atoms with Crippen molar-refractivity contribution in [1.29, 1.82) is 0 Å². The molecule has 1 aliphatic rings. The van der Waals surface area contributed by atoms with Crippen LogP contribution in [-0.2, 0) is 4.79 Å². The molecule has 1 aromatic heterocycles. The molecule has 0 bridgehead atoms. The van der Waals surface area contributed by atoms with Gasteiger partial charge in [-0.25, -0.2) is 10.2 Å². The Labute approximate surface area is 138 Å². The molecule has 1 aromatic carbocycles. The smallest absolute Gasteiger partial charge is 0.348 e. The number of hydrogen-bond donors (Lipinski definition) is 2. The number of amides is 1. The third kappa shape index (κ3) is 3.22. The summed E-state index contributed by atoms with van der Waals surface area (Å²) in [4.78, 5) is 24.0. The average molecular weight is 326 g/mol. The fourth-order valence-electron chi connectivity index (χ4n) is 2.76. The van der Waals surface area contributed by atoms with Gasteiger partial charge in [-0.2, -0.15) is 5.10 Å². The van der Waals surface area contributed by atoms with Gasteiger partial charge in [0.2, 0.25) is 5.91 Å². The number of hydrogen-bond acceptors (Lipinski definition) is 5. The van der Waals surface area contributed by atoms with Crippen LogP contribution in [0.5, 0.6) is 5.75 Å². The molecular weight excluding hydrogens is 308 g/mol. The SMILES string of the molecule is C/C(=N\NC(=O)C1CC1c1ccccc1)c1c(O)cc(C)oc1=O. The Bertz CT molecular complexity index is 855. The van der Waals surface area contributed by atoms with E-state index in [4.69, 9.17) is 4.42 Å². The first-order valence-electron chi connectivity index (χ1n) is 7.70. The number of nitrogens with zero attached hydrogens (tertiary/aromatic N) is 1. The van der Waals surface area contributed by atoms with Crippen LogP contribution in [0.4, 0.5) is 0 Å². The molecule has 0 saturated heterocycles. The third-order valence-electron chi connectivity index (χ3n) is 4.10. The zero-order valence-corrected chi connectivity index (χ0v) is 13.4. The summed E-state index contributed by atoms with van der Waals surface area (Å²) < 4.78 is 4.94. The predicted molar refractivity (Wildman–Crippen MR) is 89.0 cm³/mol. The van der Waals surface area contributed by atoms with Gasteiger partial charge < -0.3 is 9.52 Å². The Kier molecular flexibility index (Phi) is 4.20. The summed E-state index contributed by atoms with van der Waals surface area (Å²) in [5, 5.41) is 13.8. The Morgan fingerprint density at radius 3 is 2.71 bits per heavy atom. The van der Waals surface area contributed by atoms with E-state index in [0.717, 1.165) is 12.0 Å². The molecule has 3 rings (SSSR count). The molecule has 2 aromatic rings. The maximum absolute atomic E-state index is 12.2. The number of aromatic hydroxyl groups is 1. The van der Waals surface area contributed by atoms with Crippen molar-refractivity contribution in [3.8, 4) is 5.75 Å². The van der Waals surface area contributed by atoms with E-state index in [2.05, 4.69) is 10.5 Å². The monoisotopic (exact) mass is 326 g/mol. The van der Waals surface area contributed by atoms with Crippen LogP contribution in [-0.4, -0.2) is 16.7 Å². The number of benzene rings is 1. The highest BCUT2D eigenvalue weighted by Crippen LogP contribution is 2.47. The number of rotatable bonds is 4. The fourth-order valence-corrected chi connectivity index (χ4v) is 2.76. The Hall–Kier alpha value is -2.89. The molecule has 6 nitrogen and oxygen atoms in total. The molecule has 2 atom stereocenters. The number of carbonyl (C=O) groups excluding carboxylic acids is 1. The van der Waals surface area contributed by atoms with E-state index in [1.54, 1.807) is 6.92 Å². The lowest BCUT2D eigenvalue weighted by atomic mass is 10.1. The highest BCUT2D eigenvalue weighted by atomic mass is 16.4. The minimum absolute atomic E-state index is 0.0451. The van der Waals surface area contributed by atoms with Crippen LogP contribution in [0.25, 0.3) is 0 Å². The molecule has 0 radical (unpaired) electrons. The van der Waals surface area contributed by atoms with E-state index in [1.165, 1.54) is 13.0 Å². The van der Waals surface area contributed by atoms with Gasteiger partial charge in [-0.1, -0.05) is 30.3 Å². The van der Waals surface area contributed by atoms with Crippen molar-refractivity contribution in [2.75, 3.05) is 0 Å². The summed E-state index contributed by atoms with van der Waals surface area (Å²) in [7, 11) is 0. The van der Waals surface area contributed by atoms with Gasteiger partial charge in [-0.3, -0.25) is 4.79 Å². The second kappa shape index (κ2) is 6.31. The van der Waals surface area contributed by atoms with E-state index in [-0.39, 0.29) is 34.8 Å². The third-order valence-corrected chi connectivity index (χ3v) is 4.10. The van der Waals surface area contributed by atoms with Crippen molar-refractivity contribution in [2.24, 2.45) is 11.0 Å². The zero-order valence-electron chi connectivity index (χ0n) is 13.4. The van der Waals surface area contributed by atoms with Crippen molar-refractivity contribution in [3.05, 3.63) is 63.7 Å². The van der Waals surface area contributed by atoms with Crippen LogP contribution in [0.3, 0.4) is 0 Å². The summed E-state index contributed by atoms with van der Waals surface area (Å²) in [6.45, 7) is 3.10. The van der Waals surface area contributed by atoms with Gasteiger partial charge in [0, 0.05) is 12.0 Å². The minimum atomic E-state index is -0.684.